The minimum Gasteiger partial charge on any atom is -0.368 e. The molecule has 0 saturated carbocycles. The number of nitrogens with zero attached hydrogens (tertiary/aromatic N) is 4. The molecular weight excluding hydrogens is 373 g/mol. The molecule has 8 heteroatoms. The molecule has 2 heterocycles. The van der Waals surface area contributed by atoms with Crippen molar-refractivity contribution < 1.29 is 4.79 Å². The molecule has 2 aromatic rings. The van der Waals surface area contributed by atoms with Crippen molar-refractivity contribution in [3.8, 4) is 0 Å². The molecule has 1 aliphatic heterocycles. The average molecular weight is 394 g/mol. The SMILES string of the molecule is CN1CCN(C(=O)c2cnc(NCCc3ccc(Cl)cc3Cl)cn2)CC1. The molecular formula is C18H21Cl2N5O. The van der Waals surface area contributed by atoms with Crippen LogP contribution in [0.4, 0.5) is 5.82 Å². The largest absolute Gasteiger partial charge is 0.368 e. The molecule has 3 rings (SSSR count). The van der Waals surface area contributed by atoms with Crippen molar-refractivity contribution in [2.45, 2.75) is 6.42 Å². The zero-order chi connectivity index (χ0) is 18.5. The lowest BCUT2D eigenvalue weighted by molar-refractivity contribution is 0.0658. The van der Waals surface area contributed by atoms with E-state index >= 15 is 0 Å². The fourth-order valence-electron chi connectivity index (χ4n) is 2.75. The van der Waals surface area contributed by atoms with E-state index in [0.717, 1.165) is 38.2 Å². The fraction of sp³-hybridized carbons (Fsp3) is 0.389. The van der Waals surface area contributed by atoms with Gasteiger partial charge in [0.15, 0.2) is 0 Å². The van der Waals surface area contributed by atoms with E-state index < -0.39 is 0 Å². The molecule has 0 radical (unpaired) electrons. The first-order valence-electron chi connectivity index (χ1n) is 8.50. The first kappa shape index (κ1) is 18.9. The Balaban J connectivity index is 1.52. The molecule has 26 heavy (non-hydrogen) atoms. The van der Waals surface area contributed by atoms with Crippen molar-refractivity contribution >= 4 is 34.9 Å². The summed E-state index contributed by atoms with van der Waals surface area (Å²) in [5.41, 5.74) is 1.39. The van der Waals surface area contributed by atoms with Gasteiger partial charge in [-0.3, -0.25) is 4.79 Å². The Morgan fingerprint density at radius 3 is 2.58 bits per heavy atom. The minimum absolute atomic E-state index is 0.0647. The van der Waals surface area contributed by atoms with E-state index in [-0.39, 0.29) is 5.91 Å². The molecule has 1 saturated heterocycles. The standard InChI is InChI=1S/C18H21Cl2N5O/c1-24-6-8-25(9-7-24)18(26)16-11-23-17(12-22-16)21-5-4-13-2-3-14(19)10-15(13)20/h2-3,10-12H,4-9H2,1H3,(H,21,23). The molecule has 1 aromatic heterocycles. The van der Waals surface area contributed by atoms with Crippen molar-refractivity contribution in [3.05, 3.63) is 51.9 Å². The number of carbonyl (C=O) groups is 1. The second kappa shape index (κ2) is 8.66. The van der Waals surface area contributed by atoms with Crippen LogP contribution in [0.1, 0.15) is 16.1 Å². The third-order valence-electron chi connectivity index (χ3n) is 4.38. The Bertz CT molecular complexity index is 761. The Morgan fingerprint density at radius 1 is 1.15 bits per heavy atom. The molecule has 1 fully saturated rings. The summed E-state index contributed by atoms with van der Waals surface area (Å²) < 4.78 is 0. The summed E-state index contributed by atoms with van der Waals surface area (Å²) in [4.78, 5) is 25.0. The number of aromatic nitrogens is 2. The van der Waals surface area contributed by atoms with Crippen LogP contribution in [0.25, 0.3) is 0 Å². The maximum Gasteiger partial charge on any atom is 0.274 e. The van der Waals surface area contributed by atoms with Crippen molar-refractivity contribution in [3.63, 3.8) is 0 Å². The summed E-state index contributed by atoms with van der Waals surface area (Å²) in [6, 6.07) is 5.47. The second-order valence-electron chi connectivity index (χ2n) is 6.29. The number of piperazine rings is 1. The number of rotatable bonds is 5. The second-order valence-corrected chi connectivity index (χ2v) is 7.14. The van der Waals surface area contributed by atoms with Crippen LogP contribution < -0.4 is 5.32 Å². The lowest BCUT2D eigenvalue weighted by Gasteiger charge is -2.32. The van der Waals surface area contributed by atoms with Crippen molar-refractivity contribution in [2.75, 3.05) is 45.1 Å². The van der Waals surface area contributed by atoms with E-state index in [1.54, 1.807) is 12.3 Å². The monoisotopic (exact) mass is 393 g/mol. The quantitative estimate of drug-likeness (QED) is 0.845. The lowest BCUT2D eigenvalue weighted by atomic mass is 10.1. The summed E-state index contributed by atoms with van der Waals surface area (Å²) >= 11 is 12.1. The molecule has 0 spiro atoms. The van der Waals surface area contributed by atoms with Crippen LogP contribution in [-0.2, 0) is 6.42 Å². The Kier molecular flexibility index (Phi) is 6.29. The van der Waals surface area contributed by atoms with Crippen LogP contribution in [0.15, 0.2) is 30.6 Å². The van der Waals surface area contributed by atoms with Gasteiger partial charge in [-0.1, -0.05) is 29.3 Å². The molecule has 1 amide bonds. The Morgan fingerprint density at radius 2 is 1.92 bits per heavy atom. The number of halogens is 2. The van der Waals surface area contributed by atoms with Crippen LogP contribution in [-0.4, -0.2) is 65.4 Å². The first-order chi connectivity index (χ1) is 12.5. The number of carbonyl (C=O) groups excluding carboxylic acids is 1. The molecule has 1 aromatic carbocycles. The maximum atomic E-state index is 12.4. The highest BCUT2D eigenvalue weighted by Gasteiger charge is 2.21. The van der Waals surface area contributed by atoms with E-state index in [4.69, 9.17) is 23.2 Å². The summed E-state index contributed by atoms with van der Waals surface area (Å²) in [5, 5.41) is 4.46. The van der Waals surface area contributed by atoms with Gasteiger partial charge in [-0.05, 0) is 31.2 Å². The van der Waals surface area contributed by atoms with Crippen molar-refractivity contribution in [2.24, 2.45) is 0 Å². The van der Waals surface area contributed by atoms with Gasteiger partial charge in [0.05, 0.1) is 12.4 Å². The van der Waals surface area contributed by atoms with Gasteiger partial charge in [-0.15, -0.1) is 0 Å². The van der Waals surface area contributed by atoms with Crippen LogP contribution in [0.2, 0.25) is 10.0 Å². The Hall–Kier alpha value is -1.89. The Labute approximate surface area is 163 Å². The molecule has 6 nitrogen and oxygen atoms in total. The van der Waals surface area contributed by atoms with Crippen LogP contribution in [0.5, 0.6) is 0 Å². The van der Waals surface area contributed by atoms with Gasteiger partial charge in [-0.25, -0.2) is 9.97 Å². The summed E-state index contributed by atoms with van der Waals surface area (Å²) in [7, 11) is 2.05. The average Bonchev–Trinajstić information content (AvgIpc) is 2.64. The van der Waals surface area contributed by atoms with Gasteiger partial charge in [-0.2, -0.15) is 0 Å². The number of likely N-dealkylation sites (N-methyl/N-ethyl adjacent to an activating group) is 1. The van der Waals surface area contributed by atoms with E-state index in [2.05, 4.69) is 27.2 Å². The molecule has 138 valence electrons. The van der Waals surface area contributed by atoms with Crippen molar-refractivity contribution in [1.29, 1.82) is 0 Å². The summed E-state index contributed by atoms with van der Waals surface area (Å²) in [6.07, 6.45) is 3.85. The number of hydrogen-bond donors (Lipinski definition) is 1. The van der Waals surface area contributed by atoms with E-state index in [9.17, 15) is 4.79 Å². The number of anilines is 1. The van der Waals surface area contributed by atoms with Gasteiger partial charge in [0, 0.05) is 42.8 Å². The summed E-state index contributed by atoms with van der Waals surface area (Å²) in [6.45, 7) is 3.86. The van der Waals surface area contributed by atoms with Gasteiger partial charge in [0.1, 0.15) is 11.5 Å². The van der Waals surface area contributed by atoms with E-state index in [1.165, 1.54) is 6.20 Å². The van der Waals surface area contributed by atoms with Gasteiger partial charge >= 0.3 is 0 Å². The topological polar surface area (TPSA) is 61.4 Å². The van der Waals surface area contributed by atoms with Crippen molar-refractivity contribution in [1.82, 2.24) is 19.8 Å². The van der Waals surface area contributed by atoms with Crippen LogP contribution in [0, 0.1) is 0 Å². The summed E-state index contributed by atoms with van der Waals surface area (Å²) in [5.74, 6) is 0.565. The molecule has 0 aliphatic carbocycles. The minimum atomic E-state index is -0.0647. The number of benzene rings is 1. The third kappa shape index (κ3) is 4.84. The third-order valence-corrected chi connectivity index (χ3v) is 4.96. The van der Waals surface area contributed by atoms with E-state index in [1.807, 2.05) is 17.0 Å². The van der Waals surface area contributed by atoms with Crippen LogP contribution in [0.3, 0.4) is 0 Å². The lowest BCUT2D eigenvalue weighted by Crippen LogP contribution is -2.47. The van der Waals surface area contributed by atoms with Gasteiger partial charge in [0.2, 0.25) is 0 Å². The highest BCUT2D eigenvalue weighted by molar-refractivity contribution is 6.35. The van der Waals surface area contributed by atoms with Crippen LogP contribution >= 0.6 is 23.2 Å². The predicted molar refractivity (Wildman–Crippen MR) is 104 cm³/mol. The van der Waals surface area contributed by atoms with E-state index in [0.29, 0.717) is 28.1 Å². The zero-order valence-electron chi connectivity index (χ0n) is 14.6. The molecule has 0 atom stereocenters. The highest BCUT2D eigenvalue weighted by Crippen LogP contribution is 2.21. The fourth-order valence-corrected chi connectivity index (χ4v) is 3.25. The first-order valence-corrected chi connectivity index (χ1v) is 9.26. The molecule has 0 unspecified atom stereocenters. The predicted octanol–water partition coefficient (Wildman–Crippen LogP) is 2.83. The normalized spacial score (nSPS) is 15.1. The maximum absolute atomic E-state index is 12.4. The molecule has 0 bridgehead atoms. The number of hydrogen-bond acceptors (Lipinski definition) is 5. The smallest absolute Gasteiger partial charge is 0.274 e. The van der Waals surface area contributed by atoms with Gasteiger partial charge < -0.3 is 15.1 Å². The zero-order valence-corrected chi connectivity index (χ0v) is 16.1. The number of amides is 1. The molecule has 1 N–H and O–H groups in total. The number of nitrogens with one attached hydrogen (secondary N) is 1. The van der Waals surface area contributed by atoms with Gasteiger partial charge in [0.25, 0.3) is 5.91 Å². The highest BCUT2D eigenvalue weighted by atomic mass is 35.5. The molecule has 1 aliphatic rings.